The molecule has 0 saturated carbocycles. The molecule has 1 N–H and O–H groups in total. The predicted molar refractivity (Wildman–Crippen MR) is 83.0 cm³/mol. The minimum Gasteiger partial charge on any atom is -0.448 e. The van der Waals surface area contributed by atoms with Crippen LogP contribution in [0.15, 0.2) is 0 Å². The van der Waals surface area contributed by atoms with Gasteiger partial charge in [0.1, 0.15) is 6.10 Å². The lowest BCUT2D eigenvalue weighted by molar-refractivity contribution is -0.0206. The maximum Gasteiger partial charge on any atom is 0.404 e. The van der Waals surface area contributed by atoms with Crippen LogP contribution in [0.4, 0.5) is 4.79 Å². The van der Waals surface area contributed by atoms with Crippen molar-refractivity contribution >= 4 is 17.0 Å². The van der Waals surface area contributed by atoms with E-state index in [0.717, 1.165) is 0 Å². The molecule has 0 heterocycles. The summed E-state index contributed by atoms with van der Waals surface area (Å²) in [4.78, 5) is 10.4. The average Bonchev–Trinajstić information content (AvgIpc) is 2.50. The smallest absolute Gasteiger partial charge is 0.404 e. The zero-order valence-electron chi connectivity index (χ0n) is 13.5. The number of aliphatic hydroxyl groups is 1. The molecule has 0 spiro atoms. The van der Waals surface area contributed by atoms with Crippen molar-refractivity contribution in [3.05, 3.63) is 0 Å². The molecule has 0 aliphatic rings. The molecule has 0 saturated heterocycles. The van der Waals surface area contributed by atoms with E-state index in [1.165, 1.54) is 0 Å². The summed E-state index contributed by atoms with van der Waals surface area (Å²) in [6.45, 7) is 6.02. The van der Waals surface area contributed by atoms with Gasteiger partial charge < -0.3 is 33.5 Å². The standard InChI is InChI=1S/C14H27ClO8/c1-13(23-14(15)17)12-22-11-10-21-9-8-20-7-6-19-5-4-18-3-2-16/h13,16H,2-12H2,1H3. The Labute approximate surface area is 141 Å². The van der Waals surface area contributed by atoms with Crippen molar-refractivity contribution in [1.82, 2.24) is 0 Å². The molecule has 0 aromatic carbocycles. The van der Waals surface area contributed by atoms with Crippen LogP contribution in [0.1, 0.15) is 6.92 Å². The molecule has 0 rings (SSSR count). The zero-order chi connectivity index (χ0) is 17.2. The number of carbonyl (C=O) groups excluding carboxylic acids is 1. The third kappa shape index (κ3) is 19.5. The second-order valence-electron chi connectivity index (χ2n) is 4.41. The highest BCUT2D eigenvalue weighted by Crippen LogP contribution is 1.96. The van der Waals surface area contributed by atoms with E-state index in [4.69, 9.17) is 40.4 Å². The second kappa shape index (κ2) is 17.9. The van der Waals surface area contributed by atoms with Gasteiger partial charge in [0.25, 0.3) is 0 Å². The van der Waals surface area contributed by atoms with Gasteiger partial charge in [0.2, 0.25) is 0 Å². The van der Waals surface area contributed by atoms with Gasteiger partial charge in [-0.15, -0.1) is 0 Å². The van der Waals surface area contributed by atoms with Crippen LogP contribution < -0.4 is 0 Å². The molecule has 9 heteroatoms. The summed E-state index contributed by atoms with van der Waals surface area (Å²) < 4.78 is 30.8. The molecule has 0 amide bonds. The summed E-state index contributed by atoms with van der Waals surface area (Å²) in [5.41, 5.74) is -0.837. The number of ether oxygens (including phenoxy) is 6. The third-order valence-electron chi connectivity index (χ3n) is 2.37. The molecule has 0 bridgehead atoms. The van der Waals surface area contributed by atoms with Crippen LogP contribution in [-0.4, -0.2) is 89.3 Å². The van der Waals surface area contributed by atoms with Crippen molar-refractivity contribution < 1.29 is 38.3 Å². The van der Waals surface area contributed by atoms with Gasteiger partial charge >= 0.3 is 5.43 Å². The van der Waals surface area contributed by atoms with Gasteiger partial charge in [0, 0.05) is 11.6 Å². The number of aliphatic hydroxyl groups excluding tert-OH is 1. The van der Waals surface area contributed by atoms with Crippen molar-refractivity contribution in [2.45, 2.75) is 13.0 Å². The second-order valence-corrected chi connectivity index (χ2v) is 4.72. The fourth-order valence-corrected chi connectivity index (χ4v) is 1.54. The van der Waals surface area contributed by atoms with E-state index in [9.17, 15) is 4.79 Å². The maximum atomic E-state index is 10.4. The van der Waals surface area contributed by atoms with E-state index in [1.54, 1.807) is 6.92 Å². The van der Waals surface area contributed by atoms with Gasteiger partial charge in [-0.2, -0.15) is 0 Å². The van der Waals surface area contributed by atoms with E-state index in [2.05, 4.69) is 4.74 Å². The molecule has 8 nitrogen and oxygen atoms in total. The zero-order valence-corrected chi connectivity index (χ0v) is 14.3. The van der Waals surface area contributed by atoms with Crippen molar-refractivity contribution in [1.29, 1.82) is 0 Å². The lowest BCUT2D eigenvalue weighted by Crippen LogP contribution is -2.19. The molecule has 0 fully saturated rings. The minimum atomic E-state index is -0.837. The van der Waals surface area contributed by atoms with Crippen molar-refractivity contribution in [3.8, 4) is 0 Å². The first-order chi connectivity index (χ1) is 11.2. The predicted octanol–water partition coefficient (Wildman–Crippen LogP) is 0.826. The molecular weight excluding hydrogens is 332 g/mol. The topological polar surface area (TPSA) is 92.7 Å². The lowest BCUT2D eigenvalue weighted by atomic mass is 10.4. The van der Waals surface area contributed by atoms with Gasteiger partial charge in [0.15, 0.2) is 0 Å². The number of hydrogen-bond donors (Lipinski definition) is 1. The first-order valence-corrected chi connectivity index (χ1v) is 7.90. The number of halogens is 1. The van der Waals surface area contributed by atoms with Crippen molar-refractivity contribution in [2.75, 3.05) is 72.7 Å². The highest BCUT2D eigenvalue weighted by molar-refractivity contribution is 6.61. The Kier molecular flexibility index (Phi) is 17.5. The first kappa shape index (κ1) is 22.5. The Morgan fingerprint density at radius 1 is 0.826 bits per heavy atom. The van der Waals surface area contributed by atoms with Gasteiger partial charge in [-0.05, 0) is 6.92 Å². The van der Waals surface area contributed by atoms with Crippen LogP contribution in [0, 0.1) is 0 Å². The van der Waals surface area contributed by atoms with Crippen molar-refractivity contribution in [2.24, 2.45) is 0 Å². The van der Waals surface area contributed by atoms with Gasteiger partial charge in [0.05, 0.1) is 72.7 Å². The molecule has 0 aliphatic carbocycles. The van der Waals surface area contributed by atoms with Gasteiger partial charge in [-0.3, -0.25) is 0 Å². The van der Waals surface area contributed by atoms with Gasteiger partial charge in [-0.25, -0.2) is 4.79 Å². The SMILES string of the molecule is CC(COCCOCCOCCOCCOCCO)OC(=O)Cl. The van der Waals surface area contributed by atoms with Crippen LogP contribution in [-0.2, 0) is 28.4 Å². The molecule has 0 radical (unpaired) electrons. The Morgan fingerprint density at radius 2 is 1.22 bits per heavy atom. The molecule has 1 atom stereocenters. The highest BCUT2D eigenvalue weighted by Gasteiger charge is 2.06. The molecule has 138 valence electrons. The molecular formula is C14H27ClO8. The molecule has 23 heavy (non-hydrogen) atoms. The highest BCUT2D eigenvalue weighted by atomic mass is 35.5. The summed E-state index contributed by atoms with van der Waals surface area (Å²) in [5.74, 6) is 0. The number of hydrogen-bond acceptors (Lipinski definition) is 8. The van der Waals surface area contributed by atoms with E-state index in [0.29, 0.717) is 59.5 Å². The molecule has 0 aromatic rings. The Bertz CT molecular complexity index is 267. The first-order valence-electron chi connectivity index (χ1n) is 7.52. The normalized spacial score (nSPS) is 12.3. The number of carbonyl (C=O) groups is 1. The number of rotatable bonds is 17. The van der Waals surface area contributed by atoms with Crippen LogP contribution in [0.25, 0.3) is 0 Å². The summed E-state index contributed by atoms with van der Waals surface area (Å²) in [6, 6.07) is 0. The quantitative estimate of drug-likeness (QED) is 0.302. The Balaban J connectivity index is 3.06. The Hall–Kier alpha value is -0.480. The molecule has 1 unspecified atom stereocenters. The van der Waals surface area contributed by atoms with E-state index in [1.807, 2.05) is 0 Å². The van der Waals surface area contributed by atoms with E-state index < -0.39 is 5.43 Å². The van der Waals surface area contributed by atoms with Crippen LogP contribution >= 0.6 is 11.6 Å². The lowest BCUT2D eigenvalue weighted by Gasteiger charge is -2.11. The summed E-state index contributed by atoms with van der Waals surface area (Å²) in [6.07, 6.45) is -0.377. The monoisotopic (exact) mass is 358 g/mol. The minimum absolute atomic E-state index is 0.0219. The van der Waals surface area contributed by atoms with Gasteiger partial charge in [-0.1, -0.05) is 0 Å². The fraction of sp³-hybridized carbons (Fsp3) is 0.929. The molecule has 0 aliphatic heterocycles. The maximum absolute atomic E-state index is 10.4. The summed E-state index contributed by atoms with van der Waals surface area (Å²) >= 11 is 5.06. The van der Waals surface area contributed by atoms with Crippen molar-refractivity contribution in [3.63, 3.8) is 0 Å². The van der Waals surface area contributed by atoms with Crippen LogP contribution in [0.2, 0.25) is 0 Å². The van der Waals surface area contributed by atoms with E-state index >= 15 is 0 Å². The van der Waals surface area contributed by atoms with E-state index in [-0.39, 0.29) is 19.3 Å². The Morgan fingerprint density at radius 3 is 1.61 bits per heavy atom. The summed E-state index contributed by atoms with van der Waals surface area (Å²) in [5, 5.41) is 8.48. The largest absolute Gasteiger partial charge is 0.448 e. The summed E-state index contributed by atoms with van der Waals surface area (Å²) in [7, 11) is 0. The van der Waals surface area contributed by atoms with Crippen LogP contribution in [0.3, 0.4) is 0 Å². The van der Waals surface area contributed by atoms with Crippen LogP contribution in [0.5, 0.6) is 0 Å². The average molecular weight is 359 g/mol. The fourth-order valence-electron chi connectivity index (χ4n) is 1.39. The third-order valence-corrected chi connectivity index (χ3v) is 2.46. The molecule has 0 aromatic heterocycles.